The number of hydrogen-bond acceptors (Lipinski definition) is 2. The molecule has 0 spiro atoms. The van der Waals surface area contributed by atoms with E-state index in [9.17, 15) is 0 Å². The molecule has 1 rings (SSSR count). The van der Waals surface area contributed by atoms with Crippen LogP contribution in [-0.2, 0) is 0 Å². The highest BCUT2D eigenvalue weighted by molar-refractivity contribution is 5.61. The van der Waals surface area contributed by atoms with Crippen LogP contribution in [0, 0.1) is 18.3 Å². The summed E-state index contributed by atoms with van der Waals surface area (Å²) in [5.41, 5.74) is 3.01. The summed E-state index contributed by atoms with van der Waals surface area (Å²) in [5, 5.41) is 9.06. The van der Waals surface area contributed by atoms with Crippen molar-refractivity contribution in [3.05, 3.63) is 29.3 Å². The second kappa shape index (κ2) is 4.84. The van der Waals surface area contributed by atoms with E-state index in [1.807, 2.05) is 12.1 Å². The third-order valence-electron chi connectivity index (χ3n) is 2.55. The van der Waals surface area contributed by atoms with Gasteiger partial charge in [0.1, 0.15) is 6.07 Å². The van der Waals surface area contributed by atoms with Crippen molar-refractivity contribution < 1.29 is 0 Å². The van der Waals surface area contributed by atoms with Crippen LogP contribution < -0.4 is 4.90 Å². The molecule has 15 heavy (non-hydrogen) atoms. The maximum Gasteiger partial charge on any atom is 0.101 e. The highest BCUT2D eigenvalue weighted by Crippen LogP contribution is 2.23. The van der Waals surface area contributed by atoms with Crippen LogP contribution in [0.3, 0.4) is 0 Å². The second-order valence-electron chi connectivity index (χ2n) is 4.01. The van der Waals surface area contributed by atoms with Crippen molar-refractivity contribution in [1.29, 1.82) is 5.26 Å². The SMILES string of the molecule is CCN(c1cc(C)ccc1C#N)C(C)C. The molecular weight excluding hydrogens is 184 g/mol. The summed E-state index contributed by atoms with van der Waals surface area (Å²) in [4.78, 5) is 2.24. The van der Waals surface area contributed by atoms with Gasteiger partial charge in [-0.3, -0.25) is 0 Å². The van der Waals surface area contributed by atoms with Crippen LogP contribution in [0.2, 0.25) is 0 Å². The number of aryl methyl sites for hydroxylation is 1. The fraction of sp³-hybridized carbons (Fsp3) is 0.462. The van der Waals surface area contributed by atoms with Crippen molar-refractivity contribution in [2.45, 2.75) is 33.7 Å². The summed E-state index contributed by atoms with van der Waals surface area (Å²) in [6.45, 7) is 9.39. The molecule has 0 radical (unpaired) electrons. The van der Waals surface area contributed by atoms with Crippen molar-refractivity contribution in [2.75, 3.05) is 11.4 Å². The minimum Gasteiger partial charge on any atom is -0.368 e. The van der Waals surface area contributed by atoms with Gasteiger partial charge >= 0.3 is 0 Å². The lowest BCUT2D eigenvalue weighted by molar-refractivity contribution is 0.702. The zero-order valence-corrected chi connectivity index (χ0v) is 9.91. The maximum atomic E-state index is 9.06. The molecule has 0 fully saturated rings. The smallest absolute Gasteiger partial charge is 0.101 e. The third kappa shape index (κ3) is 2.50. The molecular formula is C13H18N2. The van der Waals surface area contributed by atoms with Crippen molar-refractivity contribution in [2.24, 2.45) is 0 Å². The largest absolute Gasteiger partial charge is 0.368 e. The maximum absolute atomic E-state index is 9.06. The van der Waals surface area contributed by atoms with Gasteiger partial charge in [0.2, 0.25) is 0 Å². The Morgan fingerprint density at radius 2 is 2.07 bits per heavy atom. The Morgan fingerprint density at radius 3 is 2.53 bits per heavy atom. The Labute approximate surface area is 92.1 Å². The minimum atomic E-state index is 0.420. The highest BCUT2D eigenvalue weighted by atomic mass is 15.1. The summed E-state index contributed by atoms with van der Waals surface area (Å²) >= 11 is 0. The van der Waals surface area contributed by atoms with E-state index in [-0.39, 0.29) is 0 Å². The van der Waals surface area contributed by atoms with Crippen molar-refractivity contribution in [3.8, 4) is 6.07 Å². The van der Waals surface area contributed by atoms with Gasteiger partial charge in [0.05, 0.1) is 11.3 Å². The second-order valence-corrected chi connectivity index (χ2v) is 4.01. The van der Waals surface area contributed by atoms with Crippen LogP contribution in [0.25, 0.3) is 0 Å². The lowest BCUT2D eigenvalue weighted by atomic mass is 10.1. The molecule has 0 atom stereocenters. The topological polar surface area (TPSA) is 27.0 Å². The molecule has 0 N–H and O–H groups in total. The molecule has 80 valence electrons. The Balaban J connectivity index is 3.21. The molecule has 0 aliphatic rings. The normalized spacial score (nSPS) is 10.1. The standard InChI is InChI=1S/C13H18N2/c1-5-15(10(2)3)13-8-11(4)6-7-12(13)9-14/h6-8,10H,5H2,1-4H3. The van der Waals surface area contributed by atoms with Gasteiger partial charge in [-0.25, -0.2) is 0 Å². The van der Waals surface area contributed by atoms with Crippen LogP contribution in [0.1, 0.15) is 31.9 Å². The summed E-state index contributed by atoms with van der Waals surface area (Å²) < 4.78 is 0. The van der Waals surface area contributed by atoms with Crippen LogP contribution in [0.15, 0.2) is 18.2 Å². The number of hydrogen-bond donors (Lipinski definition) is 0. The molecule has 1 aromatic carbocycles. The summed E-state index contributed by atoms with van der Waals surface area (Å²) in [7, 11) is 0. The fourth-order valence-corrected chi connectivity index (χ4v) is 1.79. The van der Waals surface area contributed by atoms with Gasteiger partial charge in [-0.2, -0.15) is 5.26 Å². The Hall–Kier alpha value is -1.49. The average Bonchev–Trinajstić information content (AvgIpc) is 2.18. The van der Waals surface area contributed by atoms with E-state index in [4.69, 9.17) is 5.26 Å². The predicted molar refractivity (Wildman–Crippen MR) is 64.1 cm³/mol. The number of rotatable bonds is 3. The molecule has 0 aromatic heterocycles. The van der Waals surface area contributed by atoms with Gasteiger partial charge in [-0.15, -0.1) is 0 Å². The Morgan fingerprint density at radius 1 is 1.40 bits per heavy atom. The number of nitriles is 1. The van der Waals surface area contributed by atoms with E-state index in [1.54, 1.807) is 0 Å². The van der Waals surface area contributed by atoms with Crippen LogP contribution in [-0.4, -0.2) is 12.6 Å². The lowest BCUT2D eigenvalue weighted by Gasteiger charge is -2.28. The molecule has 1 aromatic rings. The van der Waals surface area contributed by atoms with E-state index < -0.39 is 0 Å². The van der Waals surface area contributed by atoms with E-state index >= 15 is 0 Å². The number of anilines is 1. The zero-order chi connectivity index (χ0) is 11.4. The predicted octanol–water partition coefficient (Wildman–Crippen LogP) is 3.10. The first-order chi connectivity index (χ1) is 7.10. The van der Waals surface area contributed by atoms with Crippen molar-refractivity contribution in [3.63, 3.8) is 0 Å². The first kappa shape index (κ1) is 11.6. The van der Waals surface area contributed by atoms with Gasteiger partial charge in [0.25, 0.3) is 0 Å². The van der Waals surface area contributed by atoms with E-state index in [0.717, 1.165) is 17.8 Å². The molecule has 0 saturated heterocycles. The van der Waals surface area contributed by atoms with Gasteiger partial charge in [0, 0.05) is 12.6 Å². The molecule has 2 heteroatoms. The van der Waals surface area contributed by atoms with Gasteiger partial charge < -0.3 is 4.90 Å². The molecule has 0 aliphatic heterocycles. The number of nitrogens with zero attached hydrogens (tertiary/aromatic N) is 2. The first-order valence-corrected chi connectivity index (χ1v) is 5.37. The fourth-order valence-electron chi connectivity index (χ4n) is 1.79. The molecule has 0 aliphatic carbocycles. The van der Waals surface area contributed by atoms with Crippen molar-refractivity contribution in [1.82, 2.24) is 0 Å². The zero-order valence-electron chi connectivity index (χ0n) is 9.91. The first-order valence-electron chi connectivity index (χ1n) is 5.37. The summed E-state index contributed by atoms with van der Waals surface area (Å²) in [6.07, 6.45) is 0. The quantitative estimate of drug-likeness (QED) is 0.753. The van der Waals surface area contributed by atoms with E-state index in [2.05, 4.69) is 44.7 Å². The summed E-state index contributed by atoms with van der Waals surface area (Å²) in [5.74, 6) is 0. The average molecular weight is 202 g/mol. The van der Waals surface area contributed by atoms with Gasteiger partial charge in [-0.05, 0) is 45.4 Å². The Kier molecular flexibility index (Phi) is 3.74. The van der Waals surface area contributed by atoms with Gasteiger partial charge in [0.15, 0.2) is 0 Å². The molecule has 0 heterocycles. The highest BCUT2D eigenvalue weighted by Gasteiger charge is 2.12. The van der Waals surface area contributed by atoms with Gasteiger partial charge in [-0.1, -0.05) is 6.07 Å². The molecule has 0 bridgehead atoms. The van der Waals surface area contributed by atoms with E-state index in [0.29, 0.717) is 6.04 Å². The Bertz CT molecular complexity index is 375. The molecule has 0 unspecified atom stereocenters. The number of benzene rings is 1. The van der Waals surface area contributed by atoms with Crippen molar-refractivity contribution >= 4 is 5.69 Å². The van der Waals surface area contributed by atoms with E-state index in [1.165, 1.54) is 5.56 Å². The van der Waals surface area contributed by atoms with Crippen LogP contribution >= 0.6 is 0 Å². The van der Waals surface area contributed by atoms with Crippen LogP contribution in [0.5, 0.6) is 0 Å². The monoisotopic (exact) mass is 202 g/mol. The minimum absolute atomic E-state index is 0.420. The molecule has 0 saturated carbocycles. The lowest BCUT2D eigenvalue weighted by Crippen LogP contribution is -2.31. The third-order valence-corrected chi connectivity index (χ3v) is 2.55. The summed E-state index contributed by atoms with van der Waals surface area (Å²) in [6, 6.07) is 8.64. The molecule has 2 nitrogen and oxygen atoms in total. The van der Waals surface area contributed by atoms with Crippen LogP contribution in [0.4, 0.5) is 5.69 Å². The molecule has 0 amide bonds.